The second kappa shape index (κ2) is 10.00. The van der Waals surface area contributed by atoms with Crippen LogP contribution in [-0.4, -0.2) is 40.1 Å². The minimum Gasteiger partial charge on any atom is -0.492 e. The smallest absolute Gasteiger partial charge is 0.264 e. The van der Waals surface area contributed by atoms with Gasteiger partial charge in [0.1, 0.15) is 18.1 Å². The van der Waals surface area contributed by atoms with Crippen LogP contribution in [0.5, 0.6) is 11.5 Å². The summed E-state index contributed by atoms with van der Waals surface area (Å²) in [7, 11) is -3.89. The van der Waals surface area contributed by atoms with Crippen molar-refractivity contribution in [3.8, 4) is 11.5 Å². The van der Waals surface area contributed by atoms with Gasteiger partial charge in [0.2, 0.25) is 0 Å². The summed E-state index contributed by atoms with van der Waals surface area (Å²) in [5.41, 5.74) is 4.59. The van der Waals surface area contributed by atoms with Gasteiger partial charge in [0.05, 0.1) is 23.7 Å². The zero-order chi connectivity index (χ0) is 25.2. The van der Waals surface area contributed by atoms with Crippen molar-refractivity contribution in [3.05, 3.63) is 82.9 Å². The zero-order valence-electron chi connectivity index (χ0n) is 20.4. The minimum absolute atomic E-state index is 0.129. The van der Waals surface area contributed by atoms with Crippen molar-refractivity contribution in [2.45, 2.75) is 38.7 Å². The Kier molecular flexibility index (Phi) is 7.03. The van der Waals surface area contributed by atoms with Crippen LogP contribution >= 0.6 is 0 Å². The molecule has 0 aliphatic carbocycles. The molecule has 0 unspecified atom stereocenters. The second-order valence-corrected chi connectivity index (χ2v) is 10.7. The molecule has 184 valence electrons. The van der Waals surface area contributed by atoms with Gasteiger partial charge in [-0.15, -0.1) is 0 Å². The van der Waals surface area contributed by atoms with E-state index >= 15 is 0 Å². The standard InChI is InChI=1S/C27H30N2O5S/c1-18-5-10-23(11-6-18)35(31,32)29-17-26(34-25-15-19(2)7-12-24(25)29)27(30)28-13-14-33-22-9-8-20(3)21(4)16-22/h5-12,15-16,26H,13-14,17H2,1-4H3,(H,28,30)/t26-/m1/s1. The van der Waals surface area contributed by atoms with Crippen LogP contribution in [0.2, 0.25) is 0 Å². The van der Waals surface area contributed by atoms with E-state index in [4.69, 9.17) is 9.47 Å². The lowest BCUT2D eigenvalue weighted by molar-refractivity contribution is -0.127. The normalized spacial score (nSPS) is 15.2. The Hall–Kier alpha value is -3.52. The molecule has 0 bridgehead atoms. The van der Waals surface area contributed by atoms with Gasteiger partial charge < -0.3 is 14.8 Å². The van der Waals surface area contributed by atoms with Crippen molar-refractivity contribution < 1.29 is 22.7 Å². The first kappa shape index (κ1) is 24.6. The van der Waals surface area contributed by atoms with Gasteiger partial charge in [-0.3, -0.25) is 9.10 Å². The number of amides is 1. The summed E-state index contributed by atoms with van der Waals surface area (Å²) >= 11 is 0. The van der Waals surface area contributed by atoms with E-state index in [1.807, 2.05) is 52.0 Å². The minimum atomic E-state index is -3.89. The SMILES string of the molecule is Cc1ccc(S(=O)(=O)N2C[C@H](C(=O)NCCOc3ccc(C)c(C)c3)Oc3cc(C)ccc32)cc1. The van der Waals surface area contributed by atoms with Crippen molar-refractivity contribution in [2.24, 2.45) is 0 Å². The number of ether oxygens (including phenoxy) is 2. The maximum Gasteiger partial charge on any atom is 0.264 e. The largest absolute Gasteiger partial charge is 0.492 e. The summed E-state index contributed by atoms with van der Waals surface area (Å²) in [4.78, 5) is 13.1. The average Bonchev–Trinajstić information content (AvgIpc) is 2.83. The molecule has 3 aromatic rings. The van der Waals surface area contributed by atoms with Crippen molar-refractivity contribution in [1.82, 2.24) is 5.32 Å². The highest BCUT2D eigenvalue weighted by atomic mass is 32.2. The molecule has 8 heteroatoms. The van der Waals surface area contributed by atoms with Crippen molar-refractivity contribution in [2.75, 3.05) is 24.0 Å². The summed E-state index contributed by atoms with van der Waals surface area (Å²) in [6.07, 6.45) is -0.994. The molecule has 1 aliphatic heterocycles. The number of rotatable bonds is 7. The molecule has 0 spiro atoms. The van der Waals surface area contributed by atoms with Gasteiger partial charge in [-0.1, -0.05) is 29.8 Å². The van der Waals surface area contributed by atoms with Crippen LogP contribution in [0.3, 0.4) is 0 Å². The number of nitrogens with one attached hydrogen (secondary N) is 1. The summed E-state index contributed by atoms with van der Waals surface area (Å²) in [5, 5.41) is 2.80. The Balaban J connectivity index is 1.48. The van der Waals surface area contributed by atoms with Crippen molar-refractivity contribution in [3.63, 3.8) is 0 Å². The van der Waals surface area contributed by atoms with Gasteiger partial charge in [-0.05, 0) is 80.8 Å². The maximum atomic E-state index is 13.5. The highest BCUT2D eigenvalue weighted by molar-refractivity contribution is 7.92. The Bertz CT molecular complexity index is 1340. The molecule has 0 aromatic heterocycles. The van der Waals surface area contributed by atoms with E-state index in [1.165, 1.54) is 9.87 Å². The third-order valence-corrected chi connectivity index (χ3v) is 7.83. The lowest BCUT2D eigenvalue weighted by atomic mass is 10.1. The summed E-state index contributed by atoms with van der Waals surface area (Å²) < 4.78 is 39.9. The Morgan fingerprint density at radius 2 is 1.69 bits per heavy atom. The highest BCUT2D eigenvalue weighted by Gasteiger charge is 2.37. The van der Waals surface area contributed by atoms with Crippen LogP contribution < -0.4 is 19.1 Å². The van der Waals surface area contributed by atoms with Crippen LogP contribution in [0.1, 0.15) is 22.3 Å². The van der Waals surface area contributed by atoms with Gasteiger partial charge in [-0.2, -0.15) is 0 Å². The van der Waals surface area contributed by atoms with Crippen LogP contribution in [0, 0.1) is 27.7 Å². The Morgan fingerprint density at radius 3 is 2.40 bits per heavy atom. The first-order chi connectivity index (χ1) is 16.6. The molecule has 35 heavy (non-hydrogen) atoms. The Labute approximate surface area is 206 Å². The fourth-order valence-electron chi connectivity index (χ4n) is 3.82. The van der Waals surface area contributed by atoms with E-state index in [0.29, 0.717) is 11.4 Å². The predicted octanol–water partition coefficient (Wildman–Crippen LogP) is 4.07. The van der Waals surface area contributed by atoms with Gasteiger partial charge in [-0.25, -0.2) is 8.42 Å². The van der Waals surface area contributed by atoms with Gasteiger partial charge >= 0.3 is 0 Å². The number of anilines is 1. The van der Waals surface area contributed by atoms with Crippen LogP contribution in [0.4, 0.5) is 5.69 Å². The molecule has 1 amide bonds. The number of benzene rings is 3. The topological polar surface area (TPSA) is 84.9 Å². The van der Waals surface area contributed by atoms with Crippen molar-refractivity contribution in [1.29, 1.82) is 0 Å². The number of aryl methyl sites for hydroxylation is 4. The summed E-state index contributed by atoms with van der Waals surface area (Å²) in [6.45, 7) is 8.24. The fourth-order valence-corrected chi connectivity index (χ4v) is 5.30. The fraction of sp³-hybridized carbons (Fsp3) is 0.296. The van der Waals surface area contributed by atoms with Crippen LogP contribution in [0.25, 0.3) is 0 Å². The molecular weight excluding hydrogens is 464 g/mol. The third-order valence-electron chi connectivity index (χ3n) is 6.03. The van der Waals surface area contributed by atoms with Crippen LogP contribution in [0.15, 0.2) is 65.6 Å². The number of carbonyl (C=O) groups is 1. The van der Waals surface area contributed by atoms with E-state index in [9.17, 15) is 13.2 Å². The zero-order valence-corrected chi connectivity index (χ0v) is 21.2. The molecule has 3 aromatic carbocycles. The molecule has 0 fully saturated rings. The number of fused-ring (bicyclic) bond motifs is 1. The van der Waals surface area contributed by atoms with Crippen molar-refractivity contribution >= 4 is 21.6 Å². The van der Waals surface area contributed by atoms with Gasteiger partial charge in [0.15, 0.2) is 6.10 Å². The lowest BCUT2D eigenvalue weighted by Crippen LogP contribution is -2.51. The third kappa shape index (κ3) is 5.43. The summed E-state index contributed by atoms with van der Waals surface area (Å²) in [6, 6.07) is 17.8. The number of sulfonamides is 1. The van der Waals surface area contributed by atoms with E-state index in [-0.39, 0.29) is 24.6 Å². The van der Waals surface area contributed by atoms with E-state index < -0.39 is 22.0 Å². The van der Waals surface area contributed by atoms with Crippen LogP contribution in [-0.2, 0) is 14.8 Å². The molecule has 0 saturated heterocycles. The van der Waals surface area contributed by atoms with Gasteiger partial charge in [0.25, 0.3) is 15.9 Å². The summed E-state index contributed by atoms with van der Waals surface area (Å²) in [5.74, 6) is 0.694. The molecule has 7 nitrogen and oxygen atoms in total. The number of nitrogens with zero attached hydrogens (tertiary/aromatic N) is 1. The van der Waals surface area contributed by atoms with E-state index in [2.05, 4.69) is 5.32 Å². The molecule has 4 rings (SSSR count). The highest BCUT2D eigenvalue weighted by Crippen LogP contribution is 2.37. The molecule has 1 heterocycles. The van der Waals surface area contributed by atoms with E-state index in [0.717, 1.165) is 22.4 Å². The monoisotopic (exact) mass is 494 g/mol. The first-order valence-corrected chi connectivity index (χ1v) is 12.9. The number of hydrogen-bond donors (Lipinski definition) is 1. The molecule has 1 N–H and O–H groups in total. The maximum absolute atomic E-state index is 13.5. The molecule has 1 atom stereocenters. The number of hydrogen-bond acceptors (Lipinski definition) is 5. The first-order valence-electron chi connectivity index (χ1n) is 11.5. The number of carbonyl (C=O) groups excluding carboxylic acids is 1. The molecule has 1 aliphatic rings. The molecular formula is C27H30N2O5S. The second-order valence-electron chi connectivity index (χ2n) is 8.81. The predicted molar refractivity (Wildman–Crippen MR) is 136 cm³/mol. The van der Waals surface area contributed by atoms with Gasteiger partial charge in [0, 0.05) is 0 Å². The Morgan fingerprint density at radius 1 is 0.971 bits per heavy atom. The quantitative estimate of drug-likeness (QED) is 0.501. The van der Waals surface area contributed by atoms with E-state index in [1.54, 1.807) is 36.4 Å². The molecule has 0 radical (unpaired) electrons. The average molecular weight is 495 g/mol. The molecule has 0 saturated carbocycles. The lowest BCUT2D eigenvalue weighted by Gasteiger charge is -2.35.